The van der Waals surface area contributed by atoms with Gasteiger partial charge in [0.25, 0.3) is 0 Å². The Morgan fingerprint density at radius 3 is 2.82 bits per heavy atom. The molecule has 0 aliphatic carbocycles. The normalized spacial score (nSPS) is 18.2. The van der Waals surface area contributed by atoms with Crippen LogP contribution in [0.5, 0.6) is 0 Å². The van der Waals surface area contributed by atoms with Crippen molar-refractivity contribution >= 4 is 27.0 Å². The average molecular weight is 359 g/mol. The van der Waals surface area contributed by atoms with E-state index in [1.807, 2.05) is 18.3 Å². The Labute approximate surface area is 139 Å². The van der Waals surface area contributed by atoms with E-state index in [1.165, 1.54) is 17.8 Å². The second kappa shape index (κ2) is 6.80. The molecule has 1 aliphatic heterocycles. The summed E-state index contributed by atoms with van der Waals surface area (Å²) >= 11 is 2.49. The van der Waals surface area contributed by atoms with Crippen molar-refractivity contribution in [1.82, 2.24) is 9.88 Å². The first-order valence-electron chi connectivity index (χ1n) is 7.46. The van der Waals surface area contributed by atoms with Crippen LogP contribution in [-0.2, 0) is 6.54 Å². The number of nitrogens with zero attached hydrogens (tertiary/aromatic N) is 3. The molecule has 0 bridgehead atoms. The first kappa shape index (κ1) is 15.5. The van der Waals surface area contributed by atoms with Crippen LogP contribution in [-0.4, -0.2) is 52.9 Å². The van der Waals surface area contributed by atoms with Crippen molar-refractivity contribution in [3.63, 3.8) is 0 Å². The number of anilines is 1. The average Bonchev–Trinajstić information content (AvgIpc) is 3.00. The third-order valence-corrected chi connectivity index (χ3v) is 4.74. The van der Waals surface area contributed by atoms with Crippen LogP contribution in [0.2, 0.25) is 0 Å². The predicted octanol–water partition coefficient (Wildman–Crippen LogP) is 1.73. The van der Waals surface area contributed by atoms with E-state index in [0.717, 1.165) is 36.1 Å². The molecule has 2 aromatic rings. The van der Waals surface area contributed by atoms with Crippen molar-refractivity contribution in [3.8, 4) is 0 Å². The van der Waals surface area contributed by atoms with Crippen LogP contribution in [0.25, 0.3) is 0 Å². The van der Waals surface area contributed by atoms with Gasteiger partial charge in [-0.3, -0.25) is 0 Å². The van der Waals surface area contributed by atoms with E-state index >= 15 is 0 Å². The molecule has 0 N–H and O–H groups in total. The van der Waals surface area contributed by atoms with Gasteiger partial charge in [-0.05, 0) is 0 Å². The first-order valence-corrected chi connectivity index (χ1v) is 8.40. The van der Waals surface area contributed by atoms with Crippen molar-refractivity contribution in [1.29, 1.82) is 0 Å². The summed E-state index contributed by atoms with van der Waals surface area (Å²) in [7, 11) is 2.15. The molecule has 3 rings (SSSR count). The molecular formula is C17H19AsFN3. The van der Waals surface area contributed by atoms with E-state index in [9.17, 15) is 4.39 Å². The summed E-state index contributed by atoms with van der Waals surface area (Å²) in [5.41, 5.74) is 2.39. The summed E-state index contributed by atoms with van der Waals surface area (Å²) < 4.78 is 14.0. The van der Waals surface area contributed by atoms with Crippen LogP contribution >= 0.6 is 0 Å². The molecule has 2 heterocycles. The fraction of sp³-hybridized carbons (Fsp3) is 0.353. The predicted molar refractivity (Wildman–Crippen MR) is 88.1 cm³/mol. The fourth-order valence-corrected chi connectivity index (χ4v) is 3.36. The van der Waals surface area contributed by atoms with E-state index in [1.54, 1.807) is 0 Å². The van der Waals surface area contributed by atoms with Crippen molar-refractivity contribution < 1.29 is 4.39 Å². The summed E-state index contributed by atoms with van der Waals surface area (Å²) in [6.07, 6.45) is 3.01. The molecule has 5 heteroatoms. The summed E-state index contributed by atoms with van der Waals surface area (Å²) in [6.45, 7) is 2.94. The van der Waals surface area contributed by atoms with Crippen molar-refractivity contribution in [2.75, 3.05) is 25.0 Å². The molecule has 2 radical (unpaired) electrons. The van der Waals surface area contributed by atoms with E-state index in [2.05, 4.69) is 50.8 Å². The number of benzene rings is 1. The molecule has 1 atom stereocenters. The number of aromatic nitrogens is 1. The van der Waals surface area contributed by atoms with Gasteiger partial charge < -0.3 is 0 Å². The Bertz CT molecular complexity index is 632. The van der Waals surface area contributed by atoms with Gasteiger partial charge in [0.1, 0.15) is 0 Å². The second-order valence-electron chi connectivity index (χ2n) is 5.80. The van der Waals surface area contributed by atoms with Crippen molar-refractivity contribution in [2.45, 2.75) is 19.0 Å². The molecule has 1 aromatic heterocycles. The maximum atomic E-state index is 13.0. The second-order valence-corrected chi connectivity index (χ2v) is 6.76. The van der Waals surface area contributed by atoms with Gasteiger partial charge in [0, 0.05) is 0 Å². The molecule has 1 fully saturated rings. The van der Waals surface area contributed by atoms with Crippen LogP contribution in [0.15, 0.2) is 42.6 Å². The molecule has 1 aliphatic rings. The molecule has 114 valence electrons. The van der Waals surface area contributed by atoms with Gasteiger partial charge in [0.05, 0.1) is 0 Å². The Balaban J connectivity index is 1.61. The Morgan fingerprint density at radius 1 is 1.32 bits per heavy atom. The summed E-state index contributed by atoms with van der Waals surface area (Å²) in [6, 6.07) is 11.5. The zero-order valence-corrected chi connectivity index (χ0v) is 14.5. The van der Waals surface area contributed by atoms with Crippen molar-refractivity contribution in [2.24, 2.45) is 0 Å². The van der Waals surface area contributed by atoms with Crippen LogP contribution in [0.4, 0.5) is 10.1 Å². The minimum absolute atomic E-state index is 0.176. The number of rotatable bonds is 4. The van der Waals surface area contributed by atoms with E-state index in [4.69, 9.17) is 0 Å². The van der Waals surface area contributed by atoms with Gasteiger partial charge in [-0.15, -0.1) is 0 Å². The topological polar surface area (TPSA) is 19.4 Å². The molecule has 1 aromatic carbocycles. The van der Waals surface area contributed by atoms with Crippen LogP contribution in [0.3, 0.4) is 0 Å². The Hall–Kier alpha value is -1.38. The molecule has 3 nitrogen and oxygen atoms in total. The monoisotopic (exact) mass is 359 g/mol. The molecule has 0 spiro atoms. The number of hydrogen-bond acceptors (Lipinski definition) is 3. The van der Waals surface area contributed by atoms with Gasteiger partial charge in [-0.2, -0.15) is 0 Å². The molecule has 0 unspecified atom stereocenters. The molecule has 22 heavy (non-hydrogen) atoms. The van der Waals surface area contributed by atoms with Crippen molar-refractivity contribution in [3.05, 3.63) is 54.0 Å². The standard InChI is InChI=1S/C17H19AsFN3/c1-21(11-13-2-4-14(19)5-3-13)16-7-9-22(12-16)15-6-8-20-17(18)10-15/h2-6,8,10,16H,7,9,11-12H2,1H3/t16-/m0/s1. The molecule has 1 saturated heterocycles. The zero-order valence-electron chi connectivity index (χ0n) is 12.6. The number of hydrogen-bond donors (Lipinski definition) is 0. The van der Waals surface area contributed by atoms with Crippen LogP contribution in [0.1, 0.15) is 12.0 Å². The minimum atomic E-state index is -0.176. The zero-order chi connectivity index (χ0) is 15.5. The molecular weight excluding hydrogens is 340 g/mol. The van der Waals surface area contributed by atoms with Gasteiger partial charge in [-0.25, -0.2) is 4.39 Å². The van der Waals surface area contributed by atoms with Gasteiger partial charge in [0.2, 0.25) is 0 Å². The van der Waals surface area contributed by atoms with E-state index < -0.39 is 0 Å². The Morgan fingerprint density at radius 2 is 2.09 bits per heavy atom. The molecule has 0 amide bonds. The summed E-state index contributed by atoms with van der Waals surface area (Å²) in [5.74, 6) is -0.176. The summed E-state index contributed by atoms with van der Waals surface area (Å²) in [4.78, 5) is 9.00. The third-order valence-electron chi connectivity index (χ3n) is 4.23. The van der Waals surface area contributed by atoms with Gasteiger partial charge in [-0.1, -0.05) is 0 Å². The molecule has 0 saturated carbocycles. The SMILES string of the molecule is CN(Cc1ccc(F)cc1)[C@H]1CCN(c2ccnc([As])c2)C1. The van der Waals surface area contributed by atoms with Crippen LogP contribution < -0.4 is 9.38 Å². The van der Waals surface area contributed by atoms with E-state index in [-0.39, 0.29) is 5.82 Å². The third kappa shape index (κ3) is 3.68. The number of halogens is 1. The van der Waals surface area contributed by atoms with E-state index in [0.29, 0.717) is 6.04 Å². The first-order chi connectivity index (χ1) is 10.6. The number of pyridine rings is 1. The van der Waals surface area contributed by atoms with Gasteiger partial charge >= 0.3 is 135 Å². The fourth-order valence-electron chi connectivity index (χ4n) is 2.95. The Kier molecular flexibility index (Phi) is 4.80. The quantitative estimate of drug-likeness (QED) is 0.776. The maximum absolute atomic E-state index is 13.0. The summed E-state index contributed by atoms with van der Waals surface area (Å²) in [5, 5.41) is 0. The number of likely N-dealkylation sites (N-methyl/N-ethyl adjacent to an activating group) is 1. The van der Waals surface area contributed by atoms with Crippen LogP contribution in [0, 0.1) is 5.82 Å². The van der Waals surface area contributed by atoms with Gasteiger partial charge in [0.15, 0.2) is 0 Å².